The maximum Gasteiger partial charge on any atom is 0.151 e. The molecule has 96 valence electrons. The summed E-state index contributed by atoms with van der Waals surface area (Å²) in [5.74, 6) is 0.867. The van der Waals surface area contributed by atoms with Gasteiger partial charge in [0.1, 0.15) is 10.8 Å². The van der Waals surface area contributed by atoms with Gasteiger partial charge in [-0.2, -0.15) is 0 Å². The molecule has 4 nitrogen and oxygen atoms in total. The second kappa shape index (κ2) is 6.47. The third-order valence-corrected chi connectivity index (χ3v) is 3.37. The third-order valence-electron chi connectivity index (χ3n) is 2.41. The van der Waals surface area contributed by atoms with Gasteiger partial charge >= 0.3 is 0 Å². The Labute approximate surface area is 111 Å². The number of nitrogens with one attached hydrogen (secondary N) is 1. The fourth-order valence-corrected chi connectivity index (χ4v) is 2.43. The van der Waals surface area contributed by atoms with Crippen molar-refractivity contribution < 1.29 is 4.74 Å². The average Bonchev–Trinajstić information content (AvgIpc) is 2.86. The summed E-state index contributed by atoms with van der Waals surface area (Å²) in [6.07, 6.45) is 0. The highest BCUT2D eigenvalue weighted by atomic mass is 32.1. The van der Waals surface area contributed by atoms with Crippen LogP contribution in [-0.4, -0.2) is 23.3 Å². The minimum Gasteiger partial charge on any atom is -0.493 e. The lowest BCUT2D eigenvalue weighted by Crippen LogP contribution is -2.11. The smallest absolute Gasteiger partial charge is 0.151 e. The third kappa shape index (κ3) is 3.05. The number of aromatic nitrogens is 2. The molecule has 2 aromatic rings. The minimum atomic E-state index is 0.653. The average molecular weight is 263 g/mol. The standard InChI is InChI=1S/C13H17N3OS/c1-3-14-9-12-15-16-13(18-12)10-7-5-6-8-11(10)17-4-2/h5-8,14H,3-4,9H2,1-2H3. The van der Waals surface area contributed by atoms with Crippen LogP contribution in [0.5, 0.6) is 5.75 Å². The van der Waals surface area contributed by atoms with E-state index in [1.165, 1.54) is 0 Å². The van der Waals surface area contributed by atoms with E-state index < -0.39 is 0 Å². The number of nitrogens with zero attached hydrogens (tertiary/aromatic N) is 2. The van der Waals surface area contributed by atoms with Crippen LogP contribution >= 0.6 is 11.3 Å². The van der Waals surface area contributed by atoms with Gasteiger partial charge in [-0.05, 0) is 25.6 Å². The topological polar surface area (TPSA) is 47.0 Å². The second-order valence-corrected chi connectivity index (χ2v) is 4.77. The van der Waals surface area contributed by atoms with Gasteiger partial charge in [0, 0.05) is 6.54 Å². The number of benzene rings is 1. The summed E-state index contributed by atoms with van der Waals surface area (Å²) < 4.78 is 5.61. The zero-order valence-corrected chi connectivity index (χ0v) is 11.5. The molecule has 0 fully saturated rings. The Kier molecular flexibility index (Phi) is 4.66. The molecule has 0 atom stereocenters. The van der Waals surface area contributed by atoms with Gasteiger partial charge in [-0.15, -0.1) is 10.2 Å². The quantitative estimate of drug-likeness (QED) is 0.870. The highest BCUT2D eigenvalue weighted by molar-refractivity contribution is 7.14. The van der Waals surface area contributed by atoms with E-state index in [1.807, 2.05) is 31.2 Å². The van der Waals surface area contributed by atoms with Gasteiger partial charge in [0.15, 0.2) is 5.01 Å². The Balaban J connectivity index is 2.22. The van der Waals surface area contributed by atoms with Crippen LogP contribution in [0.1, 0.15) is 18.9 Å². The highest BCUT2D eigenvalue weighted by Crippen LogP contribution is 2.31. The molecule has 0 bridgehead atoms. The second-order valence-electron chi connectivity index (χ2n) is 3.71. The Morgan fingerprint density at radius 1 is 1.22 bits per heavy atom. The molecule has 1 aromatic heterocycles. The summed E-state index contributed by atoms with van der Waals surface area (Å²) in [6, 6.07) is 7.94. The largest absolute Gasteiger partial charge is 0.493 e. The van der Waals surface area contributed by atoms with Gasteiger partial charge in [0.25, 0.3) is 0 Å². The van der Waals surface area contributed by atoms with Crippen molar-refractivity contribution in [2.75, 3.05) is 13.2 Å². The fourth-order valence-electron chi connectivity index (χ4n) is 1.59. The van der Waals surface area contributed by atoms with Gasteiger partial charge in [-0.25, -0.2) is 0 Å². The first-order valence-electron chi connectivity index (χ1n) is 6.10. The lowest BCUT2D eigenvalue weighted by molar-refractivity contribution is 0.341. The van der Waals surface area contributed by atoms with E-state index in [2.05, 4.69) is 22.4 Å². The number of hydrogen-bond acceptors (Lipinski definition) is 5. The van der Waals surface area contributed by atoms with Crippen LogP contribution in [0, 0.1) is 0 Å². The van der Waals surface area contributed by atoms with E-state index >= 15 is 0 Å². The first-order chi connectivity index (χ1) is 8.85. The van der Waals surface area contributed by atoms with Crippen molar-refractivity contribution in [2.24, 2.45) is 0 Å². The predicted octanol–water partition coefficient (Wildman–Crippen LogP) is 2.71. The van der Waals surface area contributed by atoms with Crippen LogP contribution in [0.2, 0.25) is 0 Å². The van der Waals surface area contributed by atoms with Crippen molar-refractivity contribution in [1.82, 2.24) is 15.5 Å². The van der Waals surface area contributed by atoms with Crippen molar-refractivity contribution in [3.05, 3.63) is 29.3 Å². The number of hydrogen-bond donors (Lipinski definition) is 1. The summed E-state index contributed by atoms with van der Waals surface area (Å²) >= 11 is 1.60. The Hall–Kier alpha value is -1.46. The molecule has 0 aliphatic carbocycles. The molecule has 0 aliphatic heterocycles. The van der Waals surface area contributed by atoms with E-state index in [9.17, 15) is 0 Å². The fraction of sp³-hybridized carbons (Fsp3) is 0.385. The van der Waals surface area contributed by atoms with Crippen LogP contribution in [-0.2, 0) is 6.54 Å². The zero-order valence-electron chi connectivity index (χ0n) is 10.6. The van der Waals surface area contributed by atoms with Gasteiger partial charge in [-0.1, -0.05) is 30.4 Å². The molecule has 0 aliphatic rings. The molecule has 0 unspecified atom stereocenters. The molecule has 0 radical (unpaired) electrons. The molecule has 0 saturated carbocycles. The van der Waals surface area contributed by atoms with Crippen LogP contribution in [0.15, 0.2) is 24.3 Å². The van der Waals surface area contributed by atoms with E-state index in [-0.39, 0.29) is 0 Å². The van der Waals surface area contributed by atoms with Crippen LogP contribution < -0.4 is 10.1 Å². The van der Waals surface area contributed by atoms with E-state index in [4.69, 9.17) is 4.74 Å². The molecular weight excluding hydrogens is 246 g/mol. The SMILES string of the molecule is CCNCc1nnc(-c2ccccc2OCC)s1. The van der Waals surface area contributed by atoms with Crippen molar-refractivity contribution in [2.45, 2.75) is 20.4 Å². The molecule has 0 spiro atoms. The van der Waals surface area contributed by atoms with Crippen molar-refractivity contribution in [1.29, 1.82) is 0 Å². The maximum atomic E-state index is 5.61. The Morgan fingerprint density at radius 3 is 2.83 bits per heavy atom. The highest BCUT2D eigenvalue weighted by Gasteiger charge is 2.10. The van der Waals surface area contributed by atoms with Crippen LogP contribution in [0.4, 0.5) is 0 Å². The summed E-state index contributed by atoms with van der Waals surface area (Å²) in [5, 5.41) is 13.6. The van der Waals surface area contributed by atoms with Crippen LogP contribution in [0.25, 0.3) is 10.6 Å². The van der Waals surface area contributed by atoms with Crippen molar-refractivity contribution in [3.8, 4) is 16.3 Å². The van der Waals surface area contributed by atoms with Crippen LogP contribution in [0.3, 0.4) is 0 Å². The zero-order chi connectivity index (χ0) is 12.8. The molecule has 0 amide bonds. The van der Waals surface area contributed by atoms with E-state index in [0.29, 0.717) is 6.61 Å². The lowest BCUT2D eigenvalue weighted by atomic mass is 10.2. The Bertz CT molecular complexity index is 498. The molecule has 2 rings (SSSR count). The molecule has 1 aromatic carbocycles. The Morgan fingerprint density at radius 2 is 2.06 bits per heavy atom. The maximum absolute atomic E-state index is 5.61. The summed E-state index contributed by atoms with van der Waals surface area (Å²) in [5.41, 5.74) is 1.01. The lowest BCUT2D eigenvalue weighted by Gasteiger charge is -2.06. The van der Waals surface area contributed by atoms with Gasteiger partial charge < -0.3 is 10.1 Å². The van der Waals surface area contributed by atoms with Gasteiger partial charge in [-0.3, -0.25) is 0 Å². The minimum absolute atomic E-state index is 0.653. The molecular formula is C13H17N3OS. The van der Waals surface area contributed by atoms with E-state index in [0.717, 1.165) is 34.4 Å². The van der Waals surface area contributed by atoms with E-state index in [1.54, 1.807) is 11.3 Å². The normalized spacial score (nSPS) is 10.6. The van der Waals surface area contributed by atoms with Crippen molar-refractivity contribution >= 4 is 11.3 Å². The number of para-hydroxylation sites is 1. The summed E-state index contributed by atoms with van der Waals surface area (Å²) in [6.45, 7) is 6.41. The summed E-state index contributed by atoms with van der Waals surface area (Å²) in [4.78, 5) is 0. The molecule has 1 N–H and O–H groups in total. The summed E-state index contributed by atoms with van der Waals surface area (Å²) in [7, 11) is 0. The monoisotopic (exact) mass is 263 g/mol. The predicted molar refractivity (Wildman–Crippen MR) is 73.9 cm³/mol. The molecule has 1 heterocycles. The number of ether oxygens (including phenoxy) is 1. The molecule has 5 heteroatoms. The van der Waals surface area contributed by atoms with Gasteiger partial charge in [0.05, 0.1) is 12.2 Å². The number of rotatable bonds is 6. The van der Waals surface area contributed by atoms with Crippen molar-refractivity contribution in [3.63, 3.8) is 0 Å². The molecule has 18 heavy (non-hydrogen) atoms. The molecule has 0 saturated heterocycles. The first kappa shape index (κ1) is 13.0. The van der Waals surface area contributed by atoms with Gasteiger partial charge in [0.2, 0.25) is 0 Å². The first-order valence-corrected chi connectivity index (χ1v) is 6.92.